The first-order valence-electron chi connectivity index (χ1n) is 6.82. The van der Waals surface area contributed by atoms with Gasteiger partial charge in [-0.25, -0.2) is 0 Å². The molecule has 0 unspecified atom stereocenters. The van der Waals surface area contributed by atoms with Crippen LogP contribution in [0.1, 0.15) is 34.5 Å². The Bertz CT molecular complexity index is 636. The molecule has 0 aliphatic carbocycles. The predicted octanol–water partition coefficient (Wildman–Crippen LogP) is 2.91. The molecular formula is C15H16BrN3O. The van der Waals surface area contributed by atoms with Gasteiger partial charge in [-0.15, -0.1) is 0 Å². The number of carbonyl (C=O) groups excluding carboxylic acids is 1. The molecule has 1 amide bonds. The molecule has 0 radical (unpaired) electrons. The van der Waals surface area contributed by atoms with Crippen molar-refractivity contribution in [3.05, 3.63) is 51.8 Å². The van der Waals surface area contributed by atoms with E-state index in [9.17, 15) is 4.79 Å². The van der Waals surface area contributed by atoms with E-state index in [4.69, 9.17) is 0 Å². The highest BCUT2D eigenvalue weighted by Gasteiger charge is 2.15. The van der Waals surface area contributed by atoms with Gasteiger partial charge in [-0.3, -0.25) is 9.48 Å². The highest BCUT2D eigenvalue weighted by Crippen LogP contribution is 2.19. The van der Waals surface area contributed by atoms with E-state index in [1.807, 2.05) is 30.5 Å². The van der Waals surface area contributed by atoms with Crippen LogP contribution in [0.5, 0.6) is 0 Å². The summed E-state index contributed by atoms with van der Waals surface area (Å²) in [7, 11) is 0. The maximum atomic E-state index is 12.2. The minimum Gasteiger partial charge on any atom is -0.348 e. The van der Waals surface area contributed by atoms with Crippen molar-refractivity contribution in [2.45, 2.75) is 32.4 Å². The molecule has 2 aromatic rings. The van der Waals surface area contributed by atoms with Crippen LogP contribution in [0.25, 0.3) is 0 Å². The minimum atomic E-state index is -0.0618. The second-order valence-corrected chi connectivity index (χ2v) is 5.81. The lowest BCUT2D eigenvalue weighted by Gasteiger charge is -2.15. The van der Waals surface area contributed by atoms with E-state index in [2.05, 4.69) is 31.0 Å². The summed E-state index contributed by atoms with van der Waals surface area (Å²) >= 11 is 3.40. The van der Waals surface area contributed by atoms with Gasteiger partial charge in [0.2, 0.25) is 0 Å². The number of rotatable bonds is 3. The zero-order valence-electron chi connectivity index (χ0n) is 11.1. The van der Waals surface area contributed by atoms with Crippen LogP contribution in [0.15, 0.2) is 34.9 Å². The van der Waals surface area contributed by atoms with E-state index < -0.39 is 0 Å². The Morgan fingerprint density at radius 2 is 2.20 bits per heavy atom. The van der Waals surface area contributed by atoms with Gasteiger partial charge in [0.15, 0.2) is 0 Å². The summed E-state index contributed by atoms with van der Waals surface area (Å²) in [6, 6.07) is 7.44. The van der Waals surface area contributed by atoms with Crippen LogP contribution in [0.4, 0.5) is 0 Å². The Morgan fingerprint density at radius 1 is 1.35 bits per heavy atom. The monoisotopic (exact) mass is 333 g/mol. The van der Waals surface area contributed by atoms with Gasteiger partial charge in [0.1, 0.15) is 0 Å². The molecule has 0 saturated carbocycles. The molecule has 5 heteroatoms. The first-order chi connectivity index (χ1) is 9.75. The number of aromatic nitrogens is 2. The van der Waals surface area contributed by atoms with Crippen molar-refractivity contribution < 1.29 is 4.79 Å². The third-order valence-corrected chi connectivity index (χ3v) is 4.32. The summed E-state index contributed by atoms with van der Waals surface area (Å²) in [6.45, 7) is 1.53. The van der Waals surface area contributed by atoms with Crippen LogP contribution >= 0.6 is 15.9 Å². The van der Waals surface area contributed by atoms with Crippen molar-refractivity contribution >= 4 is 21.8 Å². The highest BCUT2D eigenvalue weighted by molar-refractivity contribution is 9.10. The Labute approximate surface area is 126 Å². The smallest absolute Gasteiger partial charge is 0.252 e. The fourth-order valence-electron chi connectivity index (χ4n) is 2.55. The number of carbonyl (C=O) groups is 1. The molecule has 1 N–H and O–H groups in total. The lowest BCUT2D eigenvalue weighted by molar-refractivity contribution is 0.0950. The van der Waals surface area contributed by atoms with Crippen LogP contribution < -0.4 is 5.32 Å². The van der Waals surface area contributed by atoms with E-state index in [0.717, 1.165) is 23.0 Å². The third-order valence-electron chi connectivity index (χ3n) is 3.63. The number of benzene rings is 1. The summed E-state index contributed by atoms with van der Waals surface area (Å²) in [5.74, 6) is -0.0618. The minimum absolute atomic E-state index is 0.0618. The average Bonchev–Trinajstić information content (AvgIpc) is 2.88. The van der Waals surface area contributed by atoms with Gasteiger partial charge in [0.25, 0.3) is 5.91 Å². The molecule has 1 aromatic carbocycles. The maximum absolute atomic E-state index is 12.2. The molecule has 1 aliphatic rings. The number of fused-ring (bicyclic) bond motifs is 1. The summed E-state index contributed by atoms with van der Waals surface area (Å²) < 4.78 is 2.87. The lowest BCUT2D eigenvalue weighted by Crippen LogP contribution is -2.24. The molecule has 1 aliphatic heterocycles. The van der Waals surface area contributed by atoms with Gasteiger partial charge >= 0.3 is 0 Å². The van der Waals surface area contributed by atoms with E-state index >= 15 is 0 Å². The van der Waals surface area contributed by atoms with Crippen LogP contribution in [0.3, 0.4) is 0 Å². The second kappa shape index (κ2) is 5.79. The van der Waals surface area contributed by atoms with Crippen LogP contribution in [-0.4, -0.2) is 15.7 Å². The zero-order chi connectivity index (χ0) is 13.9. The van der Waals surface area contributed by atoms with Gasteiger partial charge < -0.3 is 5.32 Å². The molecule has 0 atom stereocenters. The Hall–Kier alpha value is -1.62. The lowest BCUT2D eigenvalue weighted by atomic mass is 10.1. The van der Waals surface area contributed by atoms with Crippen LogP contribution in [0.2, 0.25) is 0 Å². The standard InChI is InChI=1S/C15H16BrN3O/c16-13-6-2-1-5-12(13)15(20)17-9-11-10-18-19-8-4-3-7-14(11)19/h1-2,5-6,10H,3-4,7-9H2,(H,17,20). The van der Waals surface area contributed by atoms with Crippen molar-refractivity contribution in [1.29, 1.82) is 0 Å². The molecule has 20 heavy (non-hydrogen) atoms. The molecule has 1 aromatic heterocycles. The highest BCUT2D eigenvalue weighted by atomic mass is 79.9. The Kier molecular flexibility index (Phi) is 3.87. The number of amides is 1. The van der Waals surface area contributed by atoms with Crippen LogP contribution in [-0.2, 0) is 19.5 Å². The van der Waals surface area contributed by atoms with Gasteiger partial charge in [0, 0.05) is 28.8 Å². The second-order valence-electron chi connectivity index (χ2n) is 4.96. The summed E-state index contributed by atoms with van der Waals surface area (Å²) in [5.41, 5.74) is 3.06. The number of nitrogens with zero attached hydrogens (tertiary/aromatic N) is 2. The summed E-state index contributed by atoms with van der Waals surface area (Å²) in [6.07, 6.45) is 5.33. The van der Waals surface area contributed by atoms with Crippen molar-refractivity contribution in [3.8, 4) is 0 Å². The topological polar surface area (TPSA) is 46.9 Å². The van der Waals surface area contributed by atoms with Crippen LogP contribution in [0, 0.1) is 0 Å². The van der Waals surface area contributed by atoms with Gasteiger partial charge in [0.05, 0.1) is 11.8 Å². The normalized spacial score (nSPS) is 13.8. The van der Waals surface area contributed by atoms with Gasteiger partial charge in [-0.1, -0.05) is 12.1 Å². The Morgan fingerprint density at radius 3 is 3.05 bits per heavy atom. The number of hydrogen-bond acceptors (Lipinski definition) is 2. The quantitative estimate of drug-likeness (QED) is 0.938. The molecule has 4 nitrogen and oxygen atoms in total. The Balaban J connectivity index is 1.69. The predicted molar refractivity (Wildman–Crippen MR) is 80.5 cm³/mol. The van der Waals surface area contributed by atoms with Crippen molar-refractivity contribution in [3.63, 3.8) is 0 Å². The van der Waals surface area contributed by atoms with E-state index in [-0.39, 0.29) is 5.91 Å². The molecule has 2 heterocycles. The van der Waals surface area contributed by atoms with Crippen molar-refractivity contribution in [2.75, 3.05) is 0 Å². The summed E-state index contributed by atoms with van der Waals surface area (Å²) in [4.78, 5) is 12.2. The SMILES string of the molecule is O=C(NCc1cnn2c1CCCC2)c1ccccc1Br. The molecule has 104 valence electrons. The average molecular weight is 334 g/mol. The largest absolute Gasteiger partial charge is 0.348 e. The first kappa shape index (κ1) is 13.4. The number of aryl methyl sites for hydroxylation is 1. The van der Waals surface area contributed by atoms with Crippen molar-refractivity contribution in [2.24, 2.45) is 0 Å². The summed E-state index contributed by atoms with van der Waals surface area (Å²) in [5, 5.41) is 7.35. The number of hydrogen-bond donors (Lipinski definition) is 1. The number of halogens is 1. The fraction of sp³-hybridized carbons (Fsp3) is 0.333. The zero-order valence-corrected chi connectivity index (χ0v) is 12.7. The molecule has 0 bridgehead atoms. The van der Waals surface area contributed by atoms with E-state index in [1.165, 1.54) is 18.5 Å². The maximum Gasteiger partial charge on any atom is 0.252 e. The van der Waals surface area contributed by atoms with E-state index in [0.29, 0.717) is 12.1 Å². The first-order valence-corrected chi connectivity index (χ1v) is 7.61. The van der Waals surface area contributed by atoms with Crippen molar-refractivity contribution in [1.82, 2.24) is 15.1 Å². The molecule has 0 spiro atoms. The molecule has 3 rings (SSSR count). The van der Waals surface area contributed by atoms with Gasteiger partial charge in [-0.2, -0.15) is 5.10 Å². The fourth-order valence-corrected chi connectivity index (χ4v) is 3.01. The van der Waals surface area contributed by atoms with Gasteiger partial charge in [-0.05, 0) is 47.3 Å². The molecule has 0 fully saturated rings. The molecule has 0 saturated heterocycles. The molecular weight excluding hydrogens is 318 g/mol. The third kappa shape index (κ3) is 2.63. The number of nitrogens with one attached hydrogen (secondary N) is 1. The van der Waals surface area contributed by atoms with E-state index in [1.54, 1.807) is 0 Å².